The van der Waals surface area contributed by atoms with Gasteiger partial charge in [0.05, 0.1) is 0 Å². The summed E-state index contributed by atoms with van der Waals surface area (Å²) in [4.78, 5) is 23.8. The van der Waals surface area contributed by atoms with Crippen molar-refractivity contribution in [3.8, 4) is 11.5 Å². The molecule has 0 aliphatic rings. The summed E-state index contributed by atoms with van der Waals surface area (Å²) in [6.45, 7) is 2.03. The van der Waals surface area contributed by atoms with Crippen LogP contribution in [0.1, 0.15) is 16.7 Å². The largest absolute Gasteiger partial charge is 0.457 e. The number of hydrogen-bond donors (Lipinski definition) is 4. The predicted octanol–water partition coefficient (Wildman–Crippen LogP) is 6.77. The molecule has 0 spiro atoms. The minimum atomic E-state index is -0.325. The van der Waals surface area contributed by atoms with Crippen molar-refractivity contribution in [2.75, 3.05) is 23.0 Å². The lowest BCUT2D eigenvalue weighted by molar-refractivity contribution is 0.254. The molecular weight excluding hydrogens is 452 g/mol. The molecule has 0 heterocycles. The van der Waals surface area contributed by atoms with E-state index in [1.54, 1.807) is 19.2 Å². The molecule has 7 heteroatoms. The molecule has 0 aliphatic carbocycles. The van der Waals surface area contributed by atoms with Crippen molar-refractivity contribution in [1.82, 2.24) is 5.32 Å². The number of anilines is 3. The smallest absolute Gasteiger partial charge is 0.323 e. The maximum Gasteiger partial charge on any atom is 0.323 e. The second-order valence-corrected chi connectivity index (χ2v) is 8.29. The van der Waals surface area contributed by atoms with Crippen molar-refractivity contribution in [3.63, 3.8) is 0 Å². The molecule has 0 atom stereocenters. The highest BCUT2D eigenvalue weighted by atomic mass is 16.5. The SMILES string of the molecule is CNC(=O)Nc1ccc(Cc2ccc(NC(=O)Nc3ccc(Oc4ccc(C)cc4)cc3)cc2)cc1. The van der Waals surface area contributed by atoms with Crippen molar-refractivity contribution in [1.29, 1.82) is 0 Å². The molecule has 4 aromatic rings. The first-order valence-electron chi connectivity index (χ1n) is 11.6. The normalized spacial score (nSPS) is 10.3. The quantitative estimate of drug-likeness (QED) is 0.235. The van der Waals surface area contributed by atoms with E-state index in [0.29, 0.717) is 17.1 Å². The highest BCUT2D eigenvalue weighted by molar-refractivity contribution is 5.99. The van der Waals surface area contributed by atoms with Gasteiger partial charge in [0.1, 0.15) is 11.5 Å². The van der Waals surface area contributed by atoms with Crippen molar-refractivity contribution in [3.05, 3.63) is 114 Å². The van der Waals surface area contributed by atoms with Gasteiger partial charge >= 0.3 is 12.1 Å². The molecular formula is C29H28N4O3. The molecule has 4 aromatic carbocycles. The number of rotatable bonds is 7. The van der Waals surface area contributed by atoms with E-state index >= 15 is 0 Å². The molecule has 0 saturated heterocycles. The molecule has 182 valence electrons. The van der Waals surface area contributed by atoms with Gasteiger partial charge < -0.3 is 26.0 Å². The molecule has 0 aliphatic heterocycles. The first kappa shape index (κ1) is 24.3. The van der Waals surface area contributed by atoms with Crippen LogP contribution in [-0.4, -0.2) is 19.1 Å². The molecule has 0 saturated carbocycles. The van der Waals surface area contributed by atoms with Gasteiger partial charge in [0.2, 0.25) is 0 Å². The van der Waals surface area contributed by atoms with Gasteiger partial charge in [-0.25, -0.2) is 9.59 Å². The number of hydrogen-bond acceptors (Lipinski definition) is 3. The number of nitrogens with one attached hydrogen (secondary N) is 4. The fraction of sp³-hybridized carbons (Fsp3) is 0.103. The van der Waals surface area contributed by atoms with E-state index in [9.17, 15) is 9.59 Å². The molecule has 0 unspecified atom stereocenters. The van der Waals surface area contributed by atoms with E-state index in [1.807, 2.05) is 91.9 Å². The Balaban J connectivity index is 1.26. The fourth-order valence-corrected chi connectivity index (χ4v) is 3.48. The first-order valence-corrected chi connectivity index (χ1v) is 11.6. The van der Waals surface area contributed by atoms with Crippen LogP contribution in [0, 0.1) is 6.92 Å². The third-order valence-electron chi connectivity index (χ3n) is 5.43. The van der Waals surface area contributed by atoms with Crippen LogP contribution in [0.2, 0.25) is 0 Å². The number of amides is 4. The van der Waals surface area contributed by atoms with Gasteiger partial charge in [0.15, 0.2) is 0 Å². The monoisotopic (exact) mass is 480 g/mol. The molecule has 0 fully saturated rings. The maximum atomic E-state index is 12.4. The molecule has 36 heavy (non-hydrogen) atoms. The van der Waals surface area contributed by atoms with Crippen LogP contribution in [0.5, 0.6) is 11.5 Å². The van der Waals surface area contributed by atoms with E-state index < -0.39 is 0 Å². The van der Waals surface area contributed by atoms with E-state index in [1.165, 1.54) is 5.56 Å². The Hall–Kier alpha value is -4.78. The number of carbonyl (C=O) groups excluding carboxylic acids is 2. The average Bonchev–Trinajstić information content (AvgIpc) is 2.89. The fourth-order valence-electron chi connectivity index (χ4n) is 3.48. The molecule has 4 amide bonds. The van der Waals surface area contributed by atoms with Crippen LogP contribution < -0.4 is 26.0 Å². The van der Waals surface area contributed by atoms with Gasteiger partial charge in [-0.15, -0.1) is 0 Å². The van der Waals surface area contributed by atoms with Gasteiger partial charge in [-0.2, -0.15) is 0 Å². The van der Waals surface area contributed by atoms with E-state index in [-0.39, 0.29) is 12.1 Å². The molecule has 0 bridgehead atoms. The first-order chi connectivity index (χ1) is 17.5. The Bertz CT molecular complexity index is 1300. The summed E-state index contributed by atoms with van der Waals surface area (Å²) < 4.78 is 5.82. The van der Waals surface area contributed by atoms with E-state index in [0.717, 1.165) is 29.0 Å². The minimum absolute atomic E-state index is 0.251. The highest BCUT2D eigenvalue weighted by Crippen LogP contribution is 2.23. The molecule has 0 radical (unpaired) electrons. The van der Waals surface area contributed by atoms with Gasteiger partial charge in [0, 0.05) is 24.1 Å². The molecule has 0 aromatic heterocycles. The second kappa shape index (κ2) is 11.6. The number of ether oxygens (including phenoxy) is 1. The maximum absolute atomic E-state index is 12.4. The number of aryl methyl sites for hydroxylation is 1. The Morgan fingerprint density at radius 3 is 1.42 bits per heavy atom. The Labute approximate surface area is 210 Å². The van der Waals surface area contributed by atoms with Crippen molar-refractivity contribution in [2.24, 2.45) is 0 Å². The lowest BCUT2D eigenvalue weighted by Gasteiger charge is -2.10. The van der Waals surface area contributed by atoms with Gasteiger partial charge in [-0.1, -0.05) is 42.0 Å². The van der Waals surface area contributed by atoms with Crippen LogP contribution in [-0.2, 0) is 6.42 Å². The van der Waals surface area contributed by atoms with Crippen LogP contribution in [0.3, 0.4) is 0 Å². The Morgan fingerprint density at radius 2 is 0.972 bits per heavy atom. The standard InChI is InChI=1S/C29H28N4O3/c1-20-3-15-26(16-4-20)36-27-17-13-25(14-18-27)33-29(35)32-24-11-7-22(8-12-24)19-21-5-9-23(10-6-21)31-28(34)30-2/h3-18H,19H2,1-2H3,(H2,30,31,34)(H2,32,33,35). The van der Waals surface area contributed by atoms with Gasteiger partial charge in [-0.05, 0) is 85.1 Å². The number of carbonyl (C=O) groups is 2. The summed E-state index contributed by atoms with van der Waals surface area (Å²) >= 11 is 0. The minimum Gasteiger partial charge on any atom is -0.457 e. The molecule has 7 nitrogen and oxygen atoms in total. The number of urea groups is 2. The average molecular weight is 481 g/mol. The van der Waals surface area contributed by atoms with Crippen molar-refractivity contribution in [2.45, 2.75) is 13.3 Å². The highest BCUT2D eigenvalue weighted by Gasteiger charge is 2.05. The molecule has 4 N–H and O–H groups in total. The van der Waals surface area contributed by atoms with E-state index in [4.69, 9.17) is 4.74 Å². The zero-order valence-electron chi connectivity index (χ0n) is 20.2. The zero-order valence-corrected chi connectivity index (χ0v) is 20.2. The summed E-state index contributed by atoms with van der Waals surface area (Å²) in [6.07, 6.45) is 0.740. The Morgan fingerprint density at radius 1 is 0.583 bits per heavy atom. The van der Waals surface area contributed by atoms with Crippen molar-refractivity contribution < 1.29 is 14.3 Å². The predicted molar refractivity (Wildman–Crippen MR) is 144 cm³/mol. The third-order valence-corrected chi connectivity index (χ3v) is 5.43. The lowest BCUT2D eigenvalue weighted by Crippen LogP contribution is -2.24. The topological polar surface area (TPSA) is 91.5 Å². The number of benzene rings is 4. The van der Waals surface area contributed by atoms with Crippen LogP contribution in [0.4, 0.5) is 26.7 Å². The summed E-state index contributed by atoms with van der Waals surface area (Å²) in [5.74, 6) is 1.45. The lowest BCUT2D eigenvalue weighted by atomic mass is 10.0. The van der Waals surface area contributed by atoms with Crippen molar-refractivity contribution >= 4 is 29.1 Å². The third kappa shape index (κ3) is 7.11. The zero-order chi connectivity index (χ0) is 25.3. The van der Waals surface area contributed by atoms with E-state index in [2.05, 4.69) is 21.3 Å². The summed E-state index contributed by atoms with van der Waals surface area (Å²) in [5, 5.41) is 10.9. The summed E-state index contributed by atoms with van der Waals surface area (Å²) in [7, 11) is 1.58. The Kier molecular flexibility index (Phi) is 7.83. The summed E-state index contributed by atoms with van der Waals surface area (Å²) in [5.41, 5.74) is 5.49. The van der Waals surface area contributed by atoms with Crippen LogP contribution in [0.15, 0.2) is 97.1 Å². The van der Waals surface area contributed by atoms with Crippen LogP contribution in [0.25, 0.3) is 0 Å². The van der Waals surface area contributed by atoms with Gasteiger partial charge in [0.25, 0.3) is 0 Å². The van der Waals surface area contributed by atoms with Crippen LogP contribution >= 0.6 is 0 Å². The summed E-state index contributed by atoms with van der Waals surface area (Å²) in [6, 6.07) is 29.8. The molecule has 4 rings (SSSR count). The van der Waals surface area contributed by atoms with Gasteiger partial charge in [-0.3, -0.25) is 0 Å². The second-order valence-electron chi connectivity index (χ2n) is 8.29.